The first kappa shape index (κ1) is 14.0. The molecule has 0 unspecified atom stereocenters. The van der Waals surface area contributed by atoms with Crippen LogP contribution in [-0.2, 0) is 0 Å². The monoisotopic (exact) mass is 300 g/mol. The van der Waals surface area contributed by atoms with Gasteiger partial charge in [-0.15, -0.1) is 5.10 Å². The lowest BCUT2D eigenvalue weighted by molar-refractivity contribution is -0.0888. The smallest absolute Gasteiger partial charge is 0.282 e. The van der Waals surface area contributed by atoms with E-state index in [-0.39, 0.29) is 16.3 Å². The van der Waals surface area contributed by atoms with Crippen molar-refractivity contribution >= 4 is 17.4 Å². The normalized spacial score (nSPS) is 11.2. The average Bonchev–Trinajstić information content (AvgIpc) is 2.85. The Morgan fingerprint density at radius 1 is 1.40 bits per heavy atom. The predicted octanol–water partition coefficient (Wildman–Crippen LogP) is 2.54. The lowest BCUT2D eigenvalue weighted by Gasteiger charge is -2.03. The standard InChI is InChI=1S/C11H4ClF3N4O/c12-7-3-6(4-16)1-2-9(7)19-5-8(17-18-19)10(20)11(13,14)15/h1-3,5H. The molecule has 0 aliphatic heterocycles. The van der Waals surface area contributed by atoms with Gasteiger partial charge in [-0.2, -0.15) is 18.4 Å². The van der Waals surface area contributed by atoms with Crippen molar-refractivity contribution in [3.8, 4) is 11.8 Å². The molecular weight excluding hydrogens is 297 g/mol. The quantitative estimate of drug-likeness (QED) is 0.799. The second kappa shape index (κ2) is 4.94. The number of carbonyl (C=O) groups is 1. The summed E-state index contributed by atoms with van der Waals surface area (Å²) in [5.41, 5.74) is -0.345. The topological polar surface area (TPSA) is 71.6 Å². The first-order chi connectivity index (χ1) is 9.32. The maximum atomic E-state index is 12.2. The highest BCUT2D eigenvalue weighted by Crippen LogP contribution is 2.23. The van der Waals surface area contributed by atoms with E-state index in [1.807, 2.05) is 6.07 Å². The molecule has 102 valence electrons. The van der Waals surface area contributed by atoms with Crippen LogP contribution < -0.4 is 0 Å². The lowest BCUT2D eigenvalue weighted by atomic mass is 10.2. The number of carbonyl (C=O) groups excluding carboxylic acids is 1. The summed E-state index contributed by atoms with van der Waals surface area (Å²) < 4.78 is 37.6. The van der Waals surface area contributed by atoms with Gasteiger partial charge in [-0.05, 0) is 18.2 Å². The number of halogens is 4. The Bertz CT molecular complexity index is 717. The molecule has 0 spiro atoms. The fourth-order valence-corrected chi connectivity index (χ4v) is 1.66. The fourth-order valence-electron chi connectivity index (χ4n) is 1.39. The molecule has 0 aliphatic carbocycles. The second-order valence-electron chi connectivity index (χ2n) is 3.65. The van der Waals surface area contributed by atoms with Crippen LogP contribution in [0.3, 0.4) is 0 Å². The minimum Gasteiger partial charge on any atom is -0.282 e. The van der Waals surface area contributed by atoms with E-state index < -0.39 is 17.7 Å². The largest absolute Gasteiger partial charge is 0.456 e. The van der Waals surface area contributed by atoms with Gasteiger partial charge in [0.05, 0.1) is 28.5 Å². The molecule has 0 radical (unpaired) electrons. The van der Waals surface area contributed by atoms with Crippen molar-refractivity contribution in [2.45, 2.75) is 6.18 Å². The zero-order valence-corrected chi connectivity index (χ0v) is 10.3. The Kier molecular flexibility index (Phi) is 3.46. The number of benzene rings is 1. The molecule has 1 aromatic heterocycles. The van der Waals surface area contributed by atoms with Gasteiger partial charge in [0.1, 0.15) is 0 Å². The van der Waals surface area contributed by atoms with Crippen molar-refractivity contribution in [1.29, 1.82) is 5.26 Å². The van der Waals surface area contributed by atoms with Crippen molar-refractivity contribution in [3.05, 3.63) is 40.7 Å². The molecule has 1 heterocycles. The number of nitriles is 1. The van der Waals surface area contributed by atoms with Crippen LogP contribution in [0, 0.1) is 11.3 Å². The molecule has 0 N–H and O–H groups in total. The number of Topliss-reactive ketones (excluding diaryl/α,β-unsaturated/α-hetero) is 1. The van der Waals surface area contributed by atoms with Crippen LogP contribution in [0.15, 0.2) is 24.4 Å². The maximum absolute atomic E-state index is 12.2. The summed E-state index contributed by atoms with van der Waals surface area (Å²) >= 11 is 5.87. The number of nitrogens with zero attached hydrogens (tertiary/aromatic N) is 4. The Morgan fingerprint density at radius 3 is 2.65 bits per heavy atom. The number of aromatic nitrogens is 3. The maximum Gasteiger partial charge on any atom is 0.456 e. The SMILES string of the molecule is N#Cc1ccc(-n2cc(C(=O)C(F)(F)F)nn2)c(Cl)c1. The van der Waals surface area contributed by atoms with Gasteiger partial charge in [0, 0.05) is 0 Å². The predicted molar refractivity (Wildman–Crippen MR) is 61.5 cm³/mol. The average molecular weight is 301 g/mol. The third-order valence-corrected chi connectivity index (χ3v) is 2.61. The van der Waals surface area contributed by atoms with E-state index in [1.165, 1.54) is 18.2 Å². The van der Waals surface area contributed by atoms with Crippen LogP contribution >= 0.6 is 11.6 Å². The fraction of sp³-hybridized carbons (Fsp3) is 0.0909. The number of ketones is 1. The summed E-state index contributed by atoms with van der Waals surface area (Å²) in [6, 6.07) is 5.98. The lowest BCUT2D eigenvalue weighted by Crippen LogP contribution is -2.23. The Hall–Kier alpha value is -2.40. The van der Waals surface area contributed by atoms with Gasteiger partial charge in [-0.3, -0.25) is 4.79 Å². The summed E-state index contributed by atoms with van der Waals surface area (Å²) in [7, 11) is 0. The van der Waals surface area contributed by atoms with E-state index in [1.54, 1.807) is 0 Å². The van der Waals surface area contributed by atoms with E-state index >= 15 is 0 Å². The van der Waals surface area contributed by atoms with Crippen LogP contribution in [0.5, 0.6) is 0 Å². The molecule has 20 heavy (non-hydrogen) atoms. The molecule has 1 aromatic carbocycles. The van der Waals surface area contributed by atoms with E-state index in [9.17, 15) is 18.0 Å². The van der Waals surface area contributed by atoms with Crippen LogP contribution in [0.4, 0.5) is 13.2 Å². The highest BCUT2D eigenvalue weighted by atomic mass is 35.5. The number of hydrogen-bond acceptors (Lipinski definition) is 4. The van der Waals surface area contributed by atoms with Crippen molar-refractivity contribution < 1.29 is 18.0 Å². The molecule has 9 heteroatoms. The first-order valence-electron chi connectivity index (χ1n) is 5.07. The van der Waals surface area contributed by atoms with Crippen molar-refractivity contribution in [3.63, 3.8) is 0 Å². The zero-order chi connectivity index (χ0) is 14.9. The third kappa shape index (κ3) is 2.62. The summed E-state index contributed by atoms with van der Waals surface area (Å²) in [6.45, 7) is 0. The second-order valence-corrected chi connectivity index (χ2v) is 4.06. The molecule has 0 amide bonds. The molecular formula is C11H4ClF3N4O. The Balaban J connectivity index is 2.39. The zero-order valence-electron chi connectivity index (χ0n) is 9.52. The number of alkyl halides is 3. The van der Waals surface area contributed by atoms with Gasteiger partial charge < -0.3 is 0 Å². The van der Waals surface area contributed by atoms with Crippen LogP contribution in [-0.4, -0.2) is 27.0 Å². The van der Waals surface area contributed by atoms with E-state index in [0.717, 1.165) is 10.9 Å². The van der Waals surface area contributed by atoms with Gasteiger partial charge in [0.25, 0.3) is 5.78 Å². The molecule has 0 fully saturated rings. The molecule has 0 bridgehead atoms. The van der Waals surface area contributed by atoms with Crippen LogP contribution in [0.1, 0.15) is 16.1 Å². The van der Waals surface area contributed by atoms with Crippen LogP contribution in [0.2, 0.25) is 5.02 Å². The molecule has 0 aliphatic rings. The molecule has 0 saturated heterocycles. The molecule has 2 rings (SSSR count). The van der Waals surface area contributed by atoms with Gasteiger partial charge in [0.2, 0.25) is 0 Å². The van der Waals surface area contributed by atoms with E-state index in [2.05, 4.69) is 10.3 Å². The first-order valence-corrected chi connectivity index (χ1v) is 5.44. The number of rotatable bonds is 2. The van der Waals surface area contributed by atoms with Crippen LogP contribution in [0.25, 0.3) is 5.69 Å². The highest BCUT2D eigenvalue weighted by Gasteiger charge is 2.41. The summed E-state index contributed by atoms with van der Waals surface area (Å²) in [6.07, 6.45) is -4.20. The van der Waals surface area contributed by atoms with Gasteiger partial charge in [-0.25, -0.2) is 4.68 Å². The summed E-state index contributed by atoms with van der Waals surface area (Å²) in [4.78, 5) is 11.0. The molecule has 5 nitrogen and oxygen atoms in total. The van der Waals surface area contributed by atoms with E-state index in [0.29, 0.717) is 0 Å². The van der Waals surface area contributed by atoms with Crippen molar-refractivity contribution in [2.75, 3.05) is 0 Å². The number of hydrogen-bond donors (Lipinski definition) is 0. The highest BCUT2D eigenvalue weighted by molar-refractivity contribution is 6.32. The molecule has 2 aromatic rings. The Labute approximate surface area is 115 Å². The van der Waals surface area contributed by atoms with E-state index in [4.69, 9.17) is 16.9 Å². The van der Waals surface area contributed by atoms with Crippen molar-refractivity contribution in [2.24, 2.45) is 0 Å². The Morgan fingerprint density at radius 2 is 2.10 bits per heavy atom. The molecule has 0 atom stereocenters. The van der Waals surface area contributed by atoms with Gasteiger partial charge in [0.15, 0.2) is 5.69 Å². The van der Waals surface area contributed by atoms with Gasteiger partial charge >= 0.3 is 6.18 Å². The minimum absolute atomic E-state index is 0.0972. The minimum atomic E-state index is -5.02. The summed E-state index contributed by atoms with van der Waals surface area (Å²) in [5, 5.41) is 15.4. The summed E-state index contributed by atoms with van der Waals surface area (Å²) in [5.74, 6) is -2.09. The van der Waals surface area contributed by atoms with Crippen molar-refractivity contribution in [1.82, 2.24) is 15.0 Å². The van der Waals surface area contributed by atoms with Gasteiger partial charge in [-0.1, -0.05) is 16.8 Å². The third-order valence-electron chi connectivity index (χ3n) is 2.31. The molecule has 0 saturated carbocycles.